The molecule has 8 rings (SSSR count). The van der Waals surface area contributed by atoms with E-state index in [0.717, 1.165) is 58.5 Å². The summed E-state index contributed by atoms with van der Waals surface area (Å²) in [6.45, 7) is 6.31. The Balaban J connectivity index is 0.780. The number of nitrogen functional groups attached to an aromatic ring is 1. The van der Waals surface area contributed by atoms with Crippen LogP contribution >= 0.6 is 0 Å². The van der Waals surface area contributed by atoms with Crippen molar-refractivity contribution >= 4 is 47.0 Å². The minimum atomic E-state index is -1.37. The van der Waals surface area contributed by atoms with E-state index in [2.05, 4.69) is 40.8 Å². The number of benzene rings is 3. The van der Waals surface area contributed by atoms with Crippen molar-refractivity contribution in [3.63, 3.8) is 0 Å². The topological polar surface area (TPSA) is 227 Å². The summed E-state index contributed by atoms with van der Waals surface area (Å²) in [5.41, 5.74) is 8.26. The monoisotopic (exact) mass is 899 g/mol. The number of ether oxygens (including phenoxy) is 1. The molecule has 3 saturated heterocycles. The predicted molar refractivity (Wildman–Crippen MR) is 239 cm³/mol. The minimum absolute atomic E-state index is 0.148. The van der Waals surface area contributed by atoms with E-state index in [1.165, 1.54) is 30.5 Å². The molecule has 0 aliphatic carbocycles. The lowest BCUT2D eigenvalue weighted by molar-refractivity contribution is -0.134. The molecule has 0 saturated carbocycles. The number of aromatic nitrogens is 4. The summed E-state index contributed by atoms with van der Waals surface area (Å²) in [7, 11) is 0. The van der Waals surface area contributed by atoms with Crippen LogP contribution in [-0.4, -0.2) is 128 Å². The minimum Gasteiger partial charge on any atom is -0.442 e. The van der Waals surface area contributed by atoms with Gasteiger partial charge in [0, 0.05) is 79.8 Å². The van der Waals surface area contributed by atoms with Crippen molar-refractivity contribution in [2.45, 2.75) is 50.3 Å². The molecule has 5 amide bonds. The second-order valence-electron chi connectivity index (χ2n) is 16.5. The number of piperidine rings is 2. The fraction of sp³-hybridized carbons (Fsp3) is 0.340. The van der Waals surface area contributed by atoms with Crippen LogP contribution in [0.15, 0.2) is 97.5 Å². The number of hydrogen-bond donors (Lipinski definition) is 4. The smallest absolute Gasteiger partial charge is 0.361 e. The van der Waals surface area contributed by atoms with Gasteiger partial charge in [0.25, 0.3) is 17.7 Å². The van der Waals surface area contributed by atoms with Gasteiger partial charge in [0.2, 0.25) is 17.9 Å². The Bertz CT molecular complexity index is 2580. The summed E-state index contributed by atoms with van der Waals surface area (Å²) >= 11 is 0. The Morgan fingerprint density at radius 3 is 2.29 bits per heavy atom. The molecule has 5 aromatic rings. The number of rotatable bonds is 14. The maximum Gasteiger partial charge on any atom is 0.361 e. The normalized spacial score (nSPS) is 17.7. The molecule has 3 aliphatic rings. The van der Waals surface area contributed by atoms with Gasteiger partial charge in [-0.1, -0.05) is 36.4 Å². The average Bonchev–Trinajstić information content (AvgIpc) is 3.83. The third-order valence-corrected chi connectivity index (χ3v) is 12.0. The second-order valence-corrected chi connectivity index (χ2v) is 16.5. The Hall–Kier alpha value is -7.38. The highest BCUT2D eigenvalue weighted by atomic mass is 19.1. The summed E-state index contributed by atoms with van der Waals surface area (Å²) in [5, 5.41) is 12.2. The maximum absolute atomic E-state index is 13.6. The largest absolute Gasteiger partial charge is 0.442 e. The molecule has 0 spiro atoms. The van der Waals surface area contributed by atoms with Crippen LogP contribution < -0.4 is 21.7 Å². The number of piperazine rings is 1. The zero-order valence-corrected chi connectivity index (χ0v) is 36.1. The highest BCUT2D eigenvalue weighted by Gasteiger charge is 2.31. The van der Waals surface area contributed by atoms with E-state index in [1.807, 2.05) is 10.9 Å². The van der Waals surface area contributed by atoms with Gasteiger partial charge < -0.3 is 30.9 Å². The van der Waals surface area contributed by atoms with Gasteiger partial charge in [-0.2, -0.15) is 5.10 Å². The van der Waals surface area contributed by atoms with Crippen LogP contribution in [0.25, 0.3) is 11.3 Å². The molecule has 0 bridgehead atoms. The fourth-order valence-electron chi connectivity index (χ4n) is 8.31. The van der Waals surface area contributed by atoms with Gasteiger partial charge in [0.1, 0.15) is 11.9 Å². The van der Waals surface area contributed by atoms with Crippen molar-refractivity contribution in [2.75, 3.05) is 63.4 Å². The Kier molecular flexibility index (Phi) is 14.1. The molecule has 1 unspecified atom stereocenters. The second kappa shape index (κ2) is 20.6. The summed E-state index contributed by atoms with van der Waals surface area (Å²) in [6.07, 6.45) is 6.79. The van der Waals surface area contributed by atoms with Gasteiger partial charge in [0.15, 0.2) is 11.5 Å². The van der Waals surface area contributed by atoms with Crippen molar-refractivity contribution < 1.29 is 37.9 Å². The van der Waals surface area contributed by atoms with Crippen molar-refractivity contribution in [2.24, 2.45) is 0 Å². The molecule has 18 nitrogen and oxygen atoms in total. The van der Waals surface area contributed by atoms with E-state index in [4.69, 9.17) is 10.5 Å². The van der Waals surface area contributed by atoms with Crippen LogP contribution in [-0.2, 0) is 19.1 Å². The first-order valence-corrected chi connectivity index (χ1v) is 22.0. The third-order valence-electron chi connectivity index (χ3n) is 12.0. The number of carbonyl (C=O) groups is 6. The standard InChI is InChI=1S/C47H50FN11O7/c48-34-10-12-35(13-11-34)52-45(63)41(30-6-2-1-3-7-30)66-47(65)40-42(49)50-28-38(53-40)33-27-51-59(29-33)36-16-20-56(21-17-36)18-5-19-57-22-24-58(25-23-57)46(64)32-9-4-8-31(26-32)43(61)54-37-14-15-39(60)55-44(37)62/h1-4,6-13,26-29,36-37,41H,5,14-25H2,(H2,49,50)(H,52,63)(H,54,61)(H,55,60,62)/t37?,41-/m1/s1. The Morgan fingerprint density at radius 1 is 0.848 bits per heavy atom. The lowest BCUT2D eigenvalue weighted by Crippen LogP contribution is -2.52. The molecule has 5 N–H and O–H groups in total. The molecule has 2 atom stereocenters. The van der Waals surface area contributed by atoms with E-state index >= 15 is 0 Å². The highest BCUT2D eigenvalue weighted by Crippen LogP contribution is 2.27. The van der Waals surface area contributed by atoms with E-state index in [-0.39, 0.29) is 47.8 Å². The van der Waals surface area contributed by atoms with Crippen LogP contribution in [0, 0.1) is 5.82 Å². The number of nitrogens with one attached hydrogen (secondary N) is 3. The molecule has 342 valence electrons. The van der Waals surface area contributed by atoms with Crippen molar-refractivity contribution in [1.82, 2.24) is 45.1 Å². The number of likely N-dealkylation sites (tertiary alicyclic amines) is 1. The molecular weight excluding hydrogens is 850 g/mol. The SMILES string of the molecule is Nc1ncc(-c2cnn(C3CCN(CCCN4CCN(C(=O)c5cccc(C(=O)NC6CCC(=O)NC6=O)c5)CC4)CC3)c2)nc1C(=O)O[C@@H](C(=O)Nc1ccc(F)cc1)c1ccccc1. The Morgan fingerprint density at radius 2 is 1.56 bits per heavy atom. The number of esters is 1. The number of amides is 5. The van der Waals surface area contributed by atoms with Crippen LogP contribution in [0.4, 0.5) is 15.9 Å². The molecule has 19 heteroatoms. The third kappa shape index (κ3) is 11.1. The van der Waals surface area contributed by atoms with Gasteiger partial charge >= 0.3 is 5.97 Å². The number of carbonyl (C=O) groups excluding carboxylic acids is 6. The van der Waals surface area contributed by atoms with Crippen LogP contribution in [0.1, 0.15) is 81.0 Å². The number of hydrogen-bond acceptors (Lipinski definition) is 13. The van der Waals surface area contributed by atoms with Gasteiger partial charge in [0.05, 0.1) is 24.1 Å². The number of imide groups is 1. The quantitative estimate of drug-likeness (QED) is 0.0924. The average molecular weight is 900 g/mol. The molecule has 3 aliphatic heterocycles. The van der Waals surface area contributed by atoms with Crippen molar-refractivity contribution in [3.8, 4) is 11.3 Å². The van der Waals surface area contributed by atoms with Crippen LogP contribution in [0.3, 0.4) is 0 Å². The van der Waals surface area contributed by atoms with Gasteiger partial charge in [-0.15, -0.1) is 0 Å². The predicted octanol–water partition coefficient (Wildman–Crippen LogP) is 3.62. The lowest BCUT2D eigenvalue weighted by atomic mass is 10.0. The van der Waals surface area contributed by atoms with Gasteiger partial charge in [-0.25, -0.2) is 19.2 Å². The van der Waals surface area contributed by atoms with E-state index in [9.17, 15) is 33.2 Å². The summed E-state index contributed by atoms with van der Waals surface area (Å²) < 4.78 is 21.1. The molecular formula is C47H50FN11O7. The van der Waals surface area contributed by atoms with Gasteiger partial charge in [-0.3, -0.25) is 38.9 Å². The summed E-state index contributed by atoms with van der Waals surface area (Å²) in [6, 6.07) is 19.5. The number of anilines is 2. The Labute approximate surface area is 379 Å². The van der Waals surface area contributed by atoms with E-state index < -0.39 is 41.7 Å². The molecule has 5 heterocycles. The van der Waals surface area contributed by atoms with Crippen molar-refractivity contribution in [1.29, 1.82) is 0 Å². The summed E-state index contributed by atoms with van der Waals surface area (Å²) in [5.74, 6) is -3.74. The highest BCUT2D eigenvalue weighted by molar-refractivity contribution is 6.05. The van der Waals surface area contributed by atoms with Crippen molar-refractivity contribution in [3.05, 3.63) is 126 Å². The first-order chi connectivity index (χ1) is 32.0. The fourth-order valence-corrected chi connectivity index (χ4v) is 8.31. The zero-order valence-electron chi connectivity index (χ0n) is 36.1. The molecule has 3 fully saturated rings. The number of halogens is 1. The lowest BCUT2D eigenvalue weighted by Gasteiger charge is -2.36. The van der Waals surface area contributed by atoms with Crippen LogP contribution in [0.5, 0.6) is 0 Å². The molecule has 0 radical (unpaired) electrons. The zero-order chi connectivity index (χ0) is 46.2. The molecule has 2 aromatic heterocycles. The molecule has 3 aromatic carbocycles. The number of nitrogens with two attached hydrogens (primary N) is 1. The molecule has 66 heavy (non-hydrogen) atoms. The van der Waals surface area contributed by atoms with Gasteiger partial charge in [-0.05, 0) is 81.2 Å². The summed E-state index contributed by atoms with van der Waals surface area (Å²) in [4.78, 5) is 92.0. The first-order valence-electron chi connectivity index (χ1n) is 22.0. The maximum atomic E-state index is 13.6. The van der Waals surface area contributed by atoms with E-state index in [1.54, 1.807) is 65.7 Å². The van der Waals surface area contributed by atoms with Crippen LogP contribution in [0.2, 0.25) is 0 Å². The number of nitrogens with zero attached hydrogens (tertiary/aromatic N) is 7. The first kappa shape index (κ1) is 45.2. The van der Waals surface area contributed by atoms with E-state index in [0.29, 0.717) is 41.2 Å².